The van der Waals surface area contributed by atoms with E-state index in [0.717, 1.165) is 5.56 Å². The maximum absolute atomic E-state index is 12.5. The van der Waals surface area contributed by atoms with Gasteiger partial charge in [0.15, 0.2) is 5.76 Å². The lowest BCUT2D eigenvalue weighted by Gasteiger charge is -2.07. The standard InChI is InChI=1S/C23H21N3O4/c1-28-19-7-3-8-20(14-19)29-16-21-9-10-22(30-21)23(27)25-18-6-2-5-17(13-18)15-26-12-4-11-24-26/h2-14H,15-16H2,1H3,(H,25,27). The average molecular weight is 403 g/mol. The molecule has 0 aliphatic carbocycles. The highest BCUT2D eigenvalue weighted by atomic mass is 16.5. The van der Waals surface area contributed by atoms with Gasteiger partial charge in [0.2, 0.25) is 0 Å². The molecule has 0 spiro atoms. The fraction of sp³-hybridized carbons (Fsp3) is 0.130. The summed E-state index contributed by atoms with van der Waals surface area (Å²) in [4.78, 5) is 12.5. The lowest BCUT2D eigenvalue weighted by atomic mass is 10.2. The molecule has 2 aromatic heterocycles. The molecule has 4 rings (SSSR count). The Balaban J connectivity index is 1.36. The molecular weight excluding hydrogens is 382 g/mol. The van der Waals surface area contributed by atoms with Crippen molar-refractivity contribution < 1.29 is 18.7 Å². The number of aromatic nitrogens is 2. The molecule has 1 N–H and O–H groups in total. The van der Waals surface area contributed by atoms with Crippen LogP contribution in [0.3, 0.4) is 0 Å². The van der Waals surface area contributed by atoms with Crippen LogP contribution in [0.5, 0.6) is 11.5 Å². The molecule has 0 unspecified atom stereocenters. The van der Waals surface area contributed by atoms with Gasteiger partial charge in [-0.25, -0.2) is 0 Å². The van der Waals surface area contributed by atoms with E-state index in [4.69, 9.17) is 13.9 Å². The van der Waals surface area contributed by atoms with Crippen molar-refractivity contribution in [1.82, 2.24) is 9.78 Å². The van der Waals surface area contributed by atoms with Crippen LogP contribution >= 0.6 is 0 Å². The third kappa shape index (κ3) is 4.88. The molecule has 7 heteroatoms. The SMILES string of the molecule is COc1cccc(OCc2ccc(C(=O)Nc3cccc(Cn4cccn4)c3)o2)c1. The van der Waals surface area contributed by atoms with Gasteiger partial charge in [0.1, 0.15) is 23.9 Å². The van der Waals surface area contributed by atoms with Gasteiger partial charge in [-0.05, 0) is 48.0 Å². The molecule has 1 amide bonds. The Bertz CT molecular complexity index is 1120. The third-order valence-corrected chi connectivity index (χ3v) is 4.40. The number of carbonyl (C=O) groups is 1. The number of hydrogen-bond donors (Lipinski definition) is 1. The Labute approximate surface area is 173 Å². The van der Waals surface area contributed by atoms with E-state index in [1.807, 2.05) is 59.4 Å². The predicted octanol–water partition coefficient (Wildman–Crippen LogP) is 4.36. The molecule has 7 nitrogen and oxygen atoms in total. The molecular formula is C23H21N3O4. The molecule has 0 aliphatic rings. The van der Waals surface area contributed by atoms with Gasteiger partial charge in [-0.3, -0.25) is 9.48 Å². The predicted molar refractivity (Wildman–Crippen MR) is 112 cm³/mol. The van der Waals surface area contributed by atoms with Crippen molar-refractivity contribution in [3.8, 4) is 11.5 Å². The Morgan fingerprint density at radius 1 is 1.07 bits per heavy atom. The number of hydrogen-bond acceptors (Lipinski definition) is 5. The zero-order valence-corrected chi connectivity index (χ0v) is 16.4. The summed E-state index contributed by atoms with van der Waals surface area (Å²) < 4.78 is 18.3. The van der Waals surface area contributed by atoms with Crippen molar-refractivity contribution in [3.05, 3.63) is 96.2 Å². The fourth-order valence-electron chi connectivity index (χ4n) is 2.94. The number of nitrogens with one attached hydrogen (secondary N) is 1. The van der Waals surface area contributed by atoms with Crippen LogP contribution in [0.15, 0.2) is 83.5 Å². The lowest BCUT2D eigenvalue weighted by molar-refractivity contribution is 0.0992. The summed E-state index contributed by atoms with van der Waals surface area (Å²) in [7, 11) is 1.60. The molecule has 0 saturated carbocycles. The molecule has 0 aliphatic heterocycles. The largest absolute Gasteiger partial charge is 0.497 e. The highest BCUT2D eigenvalue weighted by Crippen LogP contribution is 2.21. The summed E-state index contributed by atoms with van der Waals surface area (Å²) >= 11 is 0. The lowest BCUT2D eigenvalue weighted by Crippen LogP contribution is -2.11. The first-order valence-corrected chi connectivity index (χ1v) is 9.43. The van der Waals surface area contributed by atoms with Gasteiger partial charge in [0.25, 0.3) is 5.91 Å². The third-order valence-electron chi connectivity index (χ3n) is 4.40. The molecule has 0 saturated heterocycles. The van der Waals surface area contributed by atoms with Crippen LogP contribution in [-0.2, 0) is 13.2 Å². The van der Waals surface area contributed by atoms with Crippen molar-refractivity contribution in [3.63, 3.8) is 0 Å². The van der Waals surface area contributed by atoms with Gasteiger partial charge >= 0.3 is 0 Å². The maximum Gasteiger partial charge on any atom is 0.291 e. The van der Waals surface area contributed by atoms with E-state index >= 15 is 0 Å². The highest BCUT2D eigenvalue weighted by Gasteiger charge is 2.12. The summed E-state index contributed by atoms with van der Waals surface area (Å²) in [6.45, 7) is 0.836. The number of amides is 1. The zero-order valence-electron chi connectivity index (χ0n) is 16.4. The minimum atomic E-state index is -0.320. The van der Waals surface area contributed by atoms with Crippen LogP contribution in [0.25, 0.3) is 0 Å². The van der Waals surface area contributed by atoms with Gasteiger partial charge in [0, 0.05) is 24.1 Å². The summed E-state index contributed by atoms with van der Waals surface area (Å²) in [5, 5.41) is 7.06. The molecule has 2 aromatic carbocycles. The van der Waals surface area contributed by atoms with Gasteiger partial charge in [0.05, 0.1) is 13.7 Å². The average Bonchev–Trinajstić information content (AvgIpc) is 3.45. The van der Waals surface area contributed by atoms with Crippen molar-refractivity contribution in [2.24, 2.45) is 0 Å². The van der Waals surface area contributed by atoms with Crippen molar-refractivity contribution in [2.45, 2.75) is 13.2 Å². The summed E-state index contributed by atoms with van der Waals surface area (Å²) in [6.07, 6.45) is 3.63. The first-order valence-electron chi connectivity index (χ1n) is 9.43. The Morgan fingerprint density at radius 2 is 1.93 bits per heavy atom. The first-order chi connectivity index (χ1) is 14.7. The molecule has 152 valence electrons. The number of carbonyl (C=O) groups excluding carboxylic acids is 1. The van der Waals surface area contributed by atoms with Gasteiger partial charge in [-0.1, -0.05) is 18.2 Å². The topological polar surface area (TPSA) is 78.5 Å². The van der Waals surface area contributed by atoms with E-state index in [0.29, 0.717) is 29.5 Å². The second-order valence-corrected chi connectivity index (χ2v) is 6.59. The first kappa shape index (κ1) is 19.3. The highest BCUT2D eigenvalue weighted by molar-refractivity contribution is 6.02. The van der Waals surface area contributed by atoms with Crippen LogP contribution in [0.1, 0.15) is 21.9 Å². The van der Waals surface area contributed by atoms with Crippen molar-refractivity contribution in [2.75, 3.05) is 12.4 Å². The van der Waals surface area contributed by atoms with Gasteiger partial charge in [-0.15, -0.1) is 0 Å². The number of furan rings is 1. The molecule has 0 bridgehead atoms. The second kappa shape index (κ2) is 9.00. The summed E-state index contributed by atoms with van der Waals surface area (Å²) in [6, 6.07) is 20.1. The number of nitrogens with zero attached hydrogens (tertiary/aromatic N) is 2. The summed E-state index contributed by atoms with van der Waals surface area (Å²) in [5.74, 6) is 1.82. The number of rotatable bonds is 8. The Hall–Kier alpha value is -4.00. The number of benzene rings is 2. The van der Waals surface area contributed by atoms with Crippen LogP contribution in [0, 0.1) is 0 Å². The fourth-order valence-corrected chi connectivity index (χ4v) is 2.94. The minimum Gasteiger partial charge on any atom is -0.497 e. The van der Waals surface area contributed by atoms with E-state index in [1.54, 1.807) is 31.5 Å². The van der Waals surface area contributed by atoms with E-state index < -0.39 is 0 Å². The zero-order chi connectivity index (χ0) is 20.8. The van der Waals surface area contributed by atoms with Gasteiger partial charge in [-0.2, -0.15) is 5.10 Å². The minimum absolute atomic E-state index is 0.208. The molecule has 30 heavy (non-hydrogen) atoms. The molecule has 4 aromatic rings. The Kier molecular flexibility index (Phi) is 5.80. The number of anilines is 1. The molecule has 0 fully saturated rings. The number of methoxy groups -OCH3 is 1. The molecule has 2 heterocycles. The number of ether oxygens (including phenoxy) is 2. The van der Waals surface area contributed by atoms with Crippen LogP contribution in [0.2, 0.25) is 0 Å². The van der Waals surface area contributed by atoms with E-state index in [2.05, 4.69) is 10.4 Å². The quantitative estimate of drug-likeness (QED) is 0.473. The van der Waals surface area contributed by atoms with Crippen LogP contribution in [-0.4, -0.2) is 22.8 Å². The smallest absolute Gasteiger partial charge is 0.291 e. The van der Waals surface area contributed by atoms with Gasteiger partial charge < -0.3 is 19.2 Å². The maximum atomic E-state index is 12.5. The Morgan fingerprint density at radius 3 is 2.77 bits per heavy atom. The normalized spacial score (nSPS) is 10.6. The van der Waals surface area contributed by atoms with Crippen LogP contribution < -0.4 is 14.8 Å². The van der Waals surface area contributed by atoms with Crippen molar-refractivity contribution in [1.29, 1.82) is 0 Å². The molecule has 0 radical (unpaired) electrons. The summed E-state index contributed by atoms with van der Waals surface area (Å²) in [5.41, 5.74) is 1.72. The molecule has 0 atom stereocenters. The van der Waals surface area contributed by atoms with E-state index in [9.17, 15) is 4.79 Å². The van der Waals surface area contributed by atoms with E-state index in [-0.39, 0.29) is 18.3 Å². The monoisotopic (exact) mass is 403 g/mol. The van der Waals surface area contributed by atoms with Crippen molar-refractivity contribution >= 4 is 11.6 Å². The van der Waals surface area contributed by atoms with E-state index in [1.165, 1.54) is 0 Å². The van der Waals surface area contributed by atoms with Crippen LogP contribution in [0.4, 0.5) is 5.69 Å². The second-order valence-electron chi connectivity index (χ2n) is 6.59.